The number of nitrogens with zero attached hydrogens (tertiary/aromatic N) is 3. The summed E-state index contributed by atoms with van der Waals surface area (Å²) in [5, 5.41) is 14.8. The first-order chi connectivity index (χ1) is 34.7. The minimum atomic E-state index is -0.0548. The van der Waals surface area contributed by atoms with Gasteiger partial charge < -0.3 is 14.7 Å². The first kappa shape index (κ1) is 39.1. The van der Waals surface area contributed by atoms with Crippen molar-refractivity contribution in [3.63, 3.8) is 0 Å². The molecule has 0 amide bonds. The van der Waals surface area contributed by atoms with E-state index in [9.17, 15) is 0 Å². The highest BCUT2D eigenvalue weighted by molar-refractivity contribution is 5.99. The van der Waals surface area contributed by atoms with Crippen molar-refractivity contribution < 1.29 is 0 Å². The van der Waals surface area contributed by atoms with Crippen LogP contribution in [0, 0.1) is 0 Å². The van der Waals surface area contributed by atoms with Crippen molar-refractivity contribution in [2.24, 2.45) is 0 Å². The molecule has 0 saturated heterocycles. The zero-order valence-electron chi connectivity index (χ0n) is 38.4. The Kier molecular flexibility index (Phi) is 8.55. The highest BCUT2D eigenvalue weighted by Gasteiger charge is 2.48. The van der Waals surface area contributed by atoms with Crippen molar-refractivity contribution in [2.45, 2.75) is 18.4 Å². The van der Waals surface area contributed by atoms with Gasteiger partial charge in [-0.1, -0.05) is 170 Å². The SMILES string of the molecule is C1=C(N(c2ccc3ccccc3c2)c2ccc3ccccc3c2)CC2C3=C1N(c1ccc4ccccc4c1)c1cc4ccccc4cc1C3c1cc3ccccc3cc1N2c1ccc2ccccc2c1. The van der Waals surface area contributed by atoms with E-state index in [1.165, 1.54) is 110 Å². The van der Waals surface area contributed by atoms with Gasteiger partial charge in [0.05, 0.1) is 17.4 Å². The van der Waals surface area contributed by atoms with Crippen molar-refractivity contribution in [1.82, 2.24) is 0 Å². The molecule has 2 aliphatic heterocycles. The van der Waals surface area contributed by atoms with Gasteiger partial charge in [-0.15, -0.1) is 0 Å². The van der Waals surface area contributed by atoms with E-state index in [-0.39, 0.29) is 12.0 Å². The number of hydrogen-bond acceptors (Lipinski definition) is 3. The van der Waals surface area contributed by atoms with Crippen molar-refractivity contribution in [3.05, 3.63) is 277 Å². The summed E-state index contributed by atoms with van der Waals surface area (Å²) in [6.07, 6.45) is 3.32. The van der Waals surface area contributed by atoms with Crippen LogP contribution in [0.2, 0.25) is 0 Å². The minimum absolute atomic E-state index is 0.000197. The Bertz CT molecular complexity index is 4140. The van der Waals surface area contributed by atoms with Crippen molar-refractivity contribution >= 4 is 98.8 Å². The number of allylic oxidation sites excluding steroid dienone is 1. The molecule has 0 saturated carbocycles. The summed E-state index contributed by atoms with van der Waals surface area (Å²) in [5.41, 5.74) is 13.7. The average Bonchev–Trinajstić information content (AvgIpc) is 3.41. The Morgan fingerprint density at radius 2 is 0.729 bits per heavy atom. The molecule has 0 bridgehead atoms. The van der Waals surface area contributed by atoms with Gasteiger partial charge >= 0.3 is 0 Å². The normalized spacial score (nSPS) is 16.2. The van der Waals surface area contributed by atoms with Crippen LogP contribution in [0.5, 0.6) is 0 Å². The fourth-order valence-electron chi connectivity index (χ4n) is 12.2. The van der Waals surface area contributed by atoms with Crippen LogP contribution in [-0.2, 0) is 0 Å². The first-order valence-electron chi connectivity index (χ1n) is 24.5. The number of hydrogen-bond donors (Lipinski definition) is 0. The van der Waals surface area contributed by atoms with E-state index in [4.69, 9.17) is 0 Å². The quantitative estimate of drug-likeness (QED) is 0.170. The zero-order chi connectivity index (χ0) is 45.9. The van der Waals surface area contributed by atoms with Crippen LogP contribution >= 0.6 is 0 Å². The molecular weight excluding hydrogens is 847 g/mol. The zero-order valence-corrected chi connectivity index (χ0v) is 38.4. The molecule has 2 atom stereocenters. The van der Waals surface area contributed by atoms with Gasteiger partial charge in [-0.2, -0.15) is 0 Å². The molecule has 0 N–H and O–H groups in total. The van der Waals surface area contributed by atoms with Crippen LogP contribution in [-0.4, -0.2) is 6.04 Å². The maximum Gasteiger partial charge on any atom is 0.0639 e. The third-order valence-electron chi connectivity index (χ3n) is 15.4. The Labute approximate surface area is 406 Å². The summed E-state index contributed by atoms with van der Waals surface area (Å²) in [6, 6.07) is 90.9. The predicted molar refractivity (Wildman–Crippen MR) is 295 cm³/mol. The summed E-state index contributed by atoms with van der Waals surface area (Å²) in [5.74, 6) is 0.000197. The Morgan fingerprint density at radius 1 is 0.343 bits per heavy atom. The molecule has 3 aliphatic rings. The van der Waals surface area contributed by atoms with E-state index in [0.29, 0.717) is 0 Å². The molecule has 1 aliphatic carbocycles. The molecule has 12 aromatic rings. The third kappa shape index (κ3) is 6.08. The molecule has 328 valence electrons. The molecule has 0 spiro atoms. The molecule has 0 fully saturated rings. The molecule has 12 aromatic carbocycles. The van der Waals surface area contributed by atoms with Crippen LogP contribution in [0.25, 0.3) is 64.6 Å². The Morgan fingerprint density at radius 3 is 1.24 bits per heavy atom. The van der Waals surface area contributed by atoms with Gasteiger partial charge in [-0.3, -0.25) is 0 Å². The molecule has 0 aromatic heterocycles. The minimum Gasteiger partial charge on any atom is -0.333 e. The Balaban J connectivity index is 1.07. The molecule has 2 unspecified atom stereocenters. The highest BCUT2D eigenvalue weighted by atomic mass is 15.2. The topological polar surface area (TPSA) is 9.72 Å². The smallest absolute Gasteiger partial charge is 0.0639 e. The second-order valence-corrected chi connectivity index (χ2v) is 19.3. The third-order valence-corrected chi connectivity index (χ3v) is 15.4. The number of rotatable bonds is 5. The fourth-order valence-corrected chi connectivity index (χ4v) is 12.2. The summed E-state index contributed by atoms with van der Waals surface area (Å²) >= 11 is 0. The molecule has 3 heteroatoms. The summed E-state index contributed by atoms with van der Waals surface area (Å²) in [7, 11) is 0. The monoisotopic (exact) mass is 891 g/mol. The molecule has 70 heavy (non-hydrogen) atoms. The van der Waals surface area contributed by atoms with E-state index in [1.54, 1.807) is 0 Å². The number of fused-ring (bicyclic) bond motifs is 10. The van der Waals surface area contributed by atoms with E-state index in [2.05, 4.69) is 263 Å². The van der Waals surface area contributed by atoms with Crippen molar-refractivity contribution in [2.75, 3.05) is 14.7 Å². The molecule has 2 heterocycles. The summed E-state index contributed by atoms with van der Waals surface area (Å²) in [6.45, 7) is 0. The lowest BCUT2D eigenvalue weighted by Crippen LogP contribution is -2.46. The molecule has 0 radical (unpaired) electrons. The summed E-state index contributed by atoms with van der Waals surface area (Å²) < 4.78 is 0. The van der Waals surface area contributed by atoms with Crippen LogP contribution in [0.3, 0.4) is 0 Å². The van der Waals surface area contributed by atoms with Gasteiger partial charge in [-0.05, 0) is 160 Å². The standard InChI is InChI=1S/C67H45N3/c1-5-17-47-33-55(29-25-43(47)13-1)68(56-30-26-44-14-2-6-18-48(44)34-56)59-41-64-67-65(42-59)70(58-32-28-46-16-4-8-20-50(46)36-58)63-40-54-24-12-10-22-52(54)38-61(63)66(67)60-37-51-21-9-11-23-53(51)39-62(60)69(64)57-31-27-45-15-3-7-19-49(45)35-57/h1-41,65-66H,42H2. The second kappa shape index (κ2) is 15.3. The second-order valence-electron chi connectivity index (χ2n) is 19.3. The van der Waals surface area contributed by atoms with Gasteiger partial charge in [0.1, 0.15) is 0 Å². The predicted octanol–water partition coefficient (Wildman–Crippen LogP) is 17.8. The van der Waals surface area contributed by atoms with Gasteiger partial charge in [-0.25, -0.2) is 0 Å². The fraction of sp³-hybridized carbons (Fsp3) is 0.0448. The van der Waals surface area contributed by atoms with Crippen LogP contribution in [0.15, 0.2) is 266 Å². The Hall–Kier alpha value is -8.92. The van der Waals surface area contributed by atoms with Gasteiger partial charge in [0.2, 0.25) is 0 Å². The number of anilines is 6. The maximum absolute atomic E-state index is 2.70. The maximum atomic E-state index is 2.70. The van der Waals surface area contributed by atoms with Crippen LogP contribution in [0.1, 0.15) is 23.5 Å². The lowest BCUT2D eigenvalue weighted by atomic mass is 9.69. The molecule has 3 nitrogen and oxygen atoms in total. The van der Waals surface area contributed by atoms with E-state index in [1.807, 2.05) is 0 Å². The highest BCUT2D eigenvalue weighted by Crippen LogP contribution is 2.60. The van der Waals surface area contributed by atoms with Gasteiger partial charge in [0.25, 0.3) is 0 Å². The average molecular weight is 892 g/mol. The van der Waals surface area contributed by atoms with Gasteiger partial charge in [0, 0.05) is 46.5 Å². The molecule has 15 rings (SSSR count). The van der Waals surface area contributed by atoms with Crippen LogP contribution < -0.4 is 14.7 Å². The lowest BCUT2D eigenvalue weighted by Gasteiger charge is -2.52. The van der Waals surface area contributed by atoms with Crippen molar-refractivity contribution in [3.8, 4) is 0 Å². The van der Waals surface area contributed by atoms with Gasteiger partial charge in [0.15, 0.2) is 0 Å². The van der Waals surface area contributed by atoms with E-state index in [0.717, 1.165) is 23.5 Å². The largest absolute Gasteiger partial charge is 0.333 e. The molecular formula is C67H45N3. The number of benzene rings is 12. The lowest BCUT2D eigenvalue weighted by molar-refractivity contribution is 0.622. The van der Waals surface area contributed by atoms with Crippen LogP contribution in [0.4, 0.5) is 34.1 Å². The van der Waals surface area contributed by atoms with Crippen molar-refractivity contribution in [1.29, 1.82) is 0 Å². The van der Waals surface area contributed by atoms with E-state index >= 15 is 0 Å². The first-order valence-corrected chi connectivity index (χ1v) is 24.5. The van der Waals surface area contributed by atoms with E-state index < -0.39 is 0 Å². The summed E-state index contributed by atoms with van der Waals surface area (Å²) in [4.78, 5) is 7.87.